The fourth-order valence-corrected chi connectivity index (χ4v) is 1.37. The molecule has 0 fully saturated rings. The van der Waals surface area contributed by atoms with Crippen LogP contribution in [0.2, 0.25) is 5.02 Å². The van der Waals surface area contributed by atoms with Crippen LogP contribution in [0.4, 0.5) is 5.69 Å². The first-order chi connectivity index (χ1) is 7.16. The van der Waals surface area contributed by atoms with Crippen molar-refractivity contribution in [1.82, 2.24) is 4.68 Å². The van der Waals surface area contributed by atoms with Gasteiger partial charge >= 0.3 is 5.56 Å². The van der Waals surface area contributed by atoms with Gasteiger partial charge in [0.15, 0.2) is 0 Å². The van der Waals surface area contributed by atoms with Crippen LogP contribution < -0.4 is 28.8 Å². The highest BCUT2D eigenvalue weighted by atomic mass is 35.5. The minimum Gasteiger partial charge on any atom is -1.00 e. The van der Waals surface area contributed by atoms with Crippen molar-refractivity contribution in [3.8, 4) is 5.69 Å². The van der Waals surface area contributed by atoms with Crippen molar-refractivity contribution in [3.05, 3.63) is 51.9 Å². The van der Waals surface area contributed by atoms with Gasteiger partial charge in [0.1, 0.15) is 11.4 Å². The van der Waals surface area contributed by atoms with E-state index >= 15 is 0 Å². The van der Waals surface area contributed by atoms with E-state index in [1.54, 1.807) is 30.5 Å². The average Bonchev–Trinajstić information content (AvgIpc) is 2.20. The van der Waals surface area contributed by atoms with Gasteiger partial charge in [-0.3, -0.25) is 4.79 Å². The van der Waals surface area contributed by atoms with Gasteiger partial charge in [0.2, 0.25) is 6.20 Å². The molecule has 0 radical (unpaired) electrons. The summed E-state index contributed by atoms with van der Waals surface area (Å²) in [6.07, 6.45) is 1.55. The summed E-state index contributed by atoms with van der Waals surface area (Å²) >= 11 is 5.75. The minimum absolute atomic E-state index is 0. The second-order valence-electron chi connectivity index (χ2n) is 3.07. The number of hydrogen-bond donors (Lipinski definition) is 1. The number of H-pyrrole nitrogens is 1. The monoisotopic (exact) mass is 257 g/mol. The van der Waals surface area contributed by atoms with E-state index in [0.717, 1.165) is 0 Å². The van der Waals surface area contributed by atoms with Crippen molar-refractivity contribution in [2.24, 2.45) is 0 Å². The molecule has 1 aromatic carbocycles. The molecule has 0 saturated carbocycles. The number of anilines is 1. The molecule has 84 valence electrons. The third-order valence-corrected chi connectivity index (χ3v) is 2.21. The summed E-state index contributed by atoms with van der Waals surface area (Å²) in [4.78, 5) is 11.5. The largest absolute Gasteiger partial charge is 1.00 e. The number of rotatable bonds is 1. The number of hydrogen-bond acceptors (Lipinski definition) is 2. The van der Waals surface area contributed by atoms with E-state index < -0.39 is 0 Å². The second kappa shape index (κ2) is 5.01. The van der Waals surface area contributed by atoms with Crippen molar-refractivity contribution in [1.29, 1.82) is 0 Å². The van der Waals surface area contributed by atoms with Crippen LogP contribution in [0.1, 0.15) is 0 Å². The van der Waals surface area contributed by atoms with Crippen LogP contribution in [0.5, 0.6) is 0 Å². The molecule has 0 aliphatic heterocycles. The number of aromatic amines is 1. The zero-order chi connectivity index (χ0) is 10.8. The van der Waals surface area contributed by atoms with Crippen molar-refractivity contribution >= 4 is 17.3 Å². The van der Waals surface area contributed by atoms with Crippen LogP contribution >= 0.6 is 11.6 Å². The molecule has 6 heteroatoms. The first kappa shape index (κ1) is 12.5. The lowest BCUT2D eigenvalue weighted by Crippen LogP contribution is -3.00. The Labute approximate surface area is 103 Å². The molecule has 2 aromatic rings. The number of nitrogens with one attached hydrogen (secondary N) is 1. The maximum Gasteiger partial charge on any atom is 0.308 e. The molecular weight excluding hydrogens is 249 g/mol. The zero-order valence-corrected chi connectivity index (χ0v) is 9.66. The molecule has 2 rings (SSSR count). The Morgan fingerprint density at radius 1 is 1.25 bits per heavy atom. The summed E-state index contributed by atoms with van der Waals surface area (Å²) in [5.74, 6) is 0. The van der Waals surface area contributed by atoms with Gasteiger partial charge in [-0.2, -0.15) is 0 Å². The Kier molecular flexibility index (Phi) is 3.93. The van der Waals surface area contributed by atoms with Gasteiger partial charge < -0.3 is 18.1 Å². The Hall–Kier alpha value is -1.52. The van der Waals surface area contributed by atoms with Crippen LogP contribution in [0.25, 0.3) is 5.69 Å². The number of halogens is 2. The molecule has 0 aliphatic carbocycles. The molecule has 0 saturated heterocycles. The highest BCUT2D eigenvalue weighted by Crippen LogP contribution is 2.10. The Balaban J connectivity index is 0.00000128. The Morgan fingerprint density at radius 3 is 2.44 bits per heavy atom. The Bertz CT molecular complexity index is 537. The third-order valence-electron chi connectivity index (χ3n) is 1.96. The molecule has 1 heterocycles. The van der Waals surface area contributed by atoms with E-state index in [1.165, 1.54) is 10.7 Å². The predicted octanol–water partition coefficient (Wildman–Crippen LogP) is -2.11. The van der Waals surface area contributed by atoms with Crippen molar-refractivity contribution in [2.45, 2.75) is 0 Å². The molecular formula is C10H9Cl2N3O. The van der Waals surface area contributed by atoms with Crippen molar-refractivity contribution < 1.29 is 17.5 Å². The van der Waals surface area contributed by atoms with E-state index in [9.17, 15) is 4.79 Å². The van der Waals surface area contributed by atoms with Crippen LogP contribution in [-0.2, 0) is 0 Å². The van der Waals surface area contributed by atoms with Gasteiger partial charge in [0, 0.05) is 11.1 Å². The van der Waals surface area contributed by atoms with Crippen molar-refractivity contribution in [3.63, 3.8) is 0 Å². The quantitative estimate of drug-likeness (QED) is 0.636. The van der Waals surface area contributed by atoms with Crippen LogP contribution in [-0.4, -0.2) is 4.68 Å². The average molecular weight is 258 g/mol. The topological polar surface area (TPSA) is 62.2 Å². The lowest BCUT2D eigenvalue weighted by molar-refractivity contribution is -0.481. The van der Waals surface area contributed by atoms with Gasteiger partial charge in [-0.25, -0.2) is 0 Å². The fraction of sp³-hybridized carbons (Fsp3) is 0. The molecule has 0 amide bonds. The molecule has 1 aromatic heterocycles. The molecule has 0 aliphatic rings. The Morgan fingerprint density at radius 2 is 1.88 bits per heavy atom. The molecule has 3 N–H and O–H groups in total. The maximum absolute atomic E-state index is 11.5. The number of nitrogens with zero attached hydrogens (tertiary/aromatic N) is 1. The van der Waals surface area contributed by atoms with Gasteiger partial charge in [-0.05, 0) is 24.3 Å². The van der Waals surface area contributed by atoms with Crippen LogP contribution in [0, 0.1) is 0 Å². The summed E-state index contributed by atoms with van der Waals surface area (Å²) in [5, 5.41) is 3.40. The minimum atomic E-state index is -0.211. The second-order valence-corrected chi connectivity index (χ2v) is 3.50. The number of nitrogens with two attached hydrogens (primary N) is 1. The lowest BCUT2D eigenvalue weighted by Gasteiger charge is -1.98. The smallest absolute Gasteiger partial charge is 0.308 e. The van der Waals surface area contributed by atoms with E-state index in [1.807, 2.05) is 0 Å². The maximum atomic E-state index is 11.5. The van der Waals surface area contributed by atoms with E-state index in [0.29, 0.717) is 16.4 Å². The third kappa shape index (κ3) is 2.53. The molecule has 16 heavy (non-hydrogen) atoms. The normalized spacial score (nSPS) is 9.56. The molecule has 0 atom stereocenters. The standard InChI is InChI=1S/C10H8ClN3O.ClH/c11-7-1-3-9(4-2-7)14-10(15)5-8(12)6-13-14;/h1-6H,12H2;1H. The molecule has 0 unspecified atom stereocenters. The summed E-state index contributed by atoms with van der Waals surface area (Å²) in [6.45, 7) is 0. The first-order valence-electron chi connectivity index (χ1n) is 4.33. The summed E-state index contributed by atoms with van der Waals surface area (Å²) < 4.78 is 1.38. The predicted molar refractivity (Wildman–Crippen MR) is 58.0 cm³/mol. The van der Waals surface area contributed by atoms with Gasteiger partial charge in [-0.15, -0.1) is 5.10 Å². The highest BCUT2D eigenvalue weighted by molar-refractivity contribution is 6.30. The van der Waals surface area contributed by atoms with Crippen LogP contribution in [0.15, 0.2) is 41.3 Å². The number of benzene rings is 1. The highest BCUT2D eigenvalue weighted by Gasteiger charge is 2.05. The molecule has 0 bridgehead atoms. The zero-order valence-electron chi connectivity index (χ0n) is 8.15. The number of nitrogen functional groups attached to an aromatic ring is 1. The molecule has 0 spiro atoms. The van der Waals surface area contributed by atoms with Crippen LogP contribution in [0.3, 0.4) is 0 Å². The summed E-state index contributed by atoms with van der Waals surface area (Å²) in [6, 6.07) is 8.28. The lowest BCUT2D eigenvalue weighted by atomic mass is 10.3. The van der Waals surface area contributed by atoms with Gasteiger partial charge in [0.05, 0.1) is 0 Å². The summed E-state index contributed by atoms with van der Waals surface area (Å²) in [7, 11) is 0. The van der Waals surface area contributed by atoms with Gasteiger partial charge in [0.25, 0.3) is 0 Å². The van der Waals surface area contributed by atoms with E-state index in [2.05, 4.69) is 5.10 Å². The van der Waals surface area contributed by atoms with Gasteiger partial charge in [-0.1, -0.05) is 16.3 Å². The van der Waals surface area contributed by atoms with E-state index in [4.69, 9.17) is 17.3 Å². The molecule has 4 nitrogen and oxygen atoms in total. The number of aromatic nitrogens is 2. The van der Waals surface area contributed by atoms with Crippen molar-refractivity contribution in [2.75, 3.05) is 5.73 Å². The fourth-order valence-electron chi connectivity index (χ4n) is 1.24. The summed E-state index contributed by atoms with van der Waals surface area (Å²) in [5.41, 5.74) is 6.37. The first-order valence-corrected chi connectivity index (χ1v) is 4.71. The van der Waals surface area contributed by atoms with E-state index in [-0.39, 0.29) is 18.0 Å². The SMILES string of the molecule is Nc1c[nH+]n(-c2ccc(Cl)cc2)c(=O)c1.[Cl-].